The molecule has 0 bridgehead atoms. The SMILES string of the molecule is CC1=C(C/C=C(\C)C(O)/C=C/C(C)=C\CO)C(C)(C)CCC1. The molecule has 0 aromatic carbocycles. The molecule has 124 valence electrons. The zero-order valence-electron chi connectivity index (χ0n) is 14.8. The Balaban J connectivity index is 2.75. The topological polar surface area (TPSA) is 40.5 Å². The molecule has 0 fully saturated rings. The van der Waals surface area contributed by atoms with Gasteiger partial charge in [0.25, 0.3) is 0 Å². The minimum absolute atomic E-state index is 0.0314. The molecule has 0 heterocycles. The zero-order chi connectivity index (χ0) is 16.8. The molecule has 1 atom stereocenters. The molecule has 1 rings (SSSR count). The zero-order valence-corrected chi connectivity index (χ0v) is 14.8. The first-order valence-electron chi connectivity index (χ1n) is 8.27. The van der Waals surface area contributed by atoms with E-state index in [0.29, 0.717) is 0 Å². The summed E-state index contributed by atoms with van der Waals surface area (Å²) in [7, 11) is 0. The summed E-state index contributed by atoms with van der Waals surface area (Å²) < 4.78 is 0. The van der Waals surface area contributed by atoms with E-state index in [4.69, 9.17) is 5.11 Å². The molecule has 2 nitrogen and oxygen atoms in total. The molecular weight excluding hydrogens is 272 g/mol. The van der Waals surface area contributed by atoms with Crippen molar-refractivity contribution in [2.24, 2.45) is 5.41 Å². The molecule has 0 aliphatic heterocycles. The van der Waals surface area contributed by atoms with E-state index in [0.717, 1.165) is 17.6 Å². The van der Waals surface area contributed by atoms with Gasteiger partial charge in [0.1, 0.15) is 0 Å². The Bertz CT molecular complexity index is 490. The normalized spacial score (nSPS) is 21.6. The smallest absolute Gasteiger partial charge is 0.0932 e. The molecule has 0 spiro atoms. The third-order valence-corrected chi connectivity index (χ3v) is 4.74. The minimum Gasteiger partial charge on any atom is -0.392 e. The third kappa shape index (κ3) is 5.58. The fourth-order valence-corrected chi connectivity index (χ4v) is 3.12. The van der Waals surface area contributed by atoms with Crippen molar-refractivity contribution in [2.75, 3.05) is 6.61 Å². The lowest BCUT2D eigenvalue weighted by Gasteiger charge is -2.34. The van der Waals surface area contributed by atoms with Gasteiger partial charge in [-0.2, -0.15) is 0 Å². The van der Waals surface area contributed by atoms with Crippen LogP contribution in [0.5, 0.6) is 0 Å². The lowest BCUT2D eigenvalue weighted by Crippen LogP contribution is -2.20. The second kappa shape index (κ2) is 8.50. The van der Waals surface area contributed by atoms with Crippen molar-refractivity contribution in [1.29, 1.82) is 0 Å². The monoisotopic (exact) mass is 304 g/mol. The van der Waals surface area contributed by atoms with Crippen LogP contribution in [0.4, 0.5) is 0 Å². The Morgan fingerprint density at radius 2 is 1.95 bits per heavy atom. The minimum atomic E-state index is -0.561. The van der Waals surface area contributed by atoms with Crippen molar-refractivity contribution in [3.63, 3.8) is 0 Å². The summed E-state index contributed by atoms with van der Waals surface area (Å²) in [6.45, 7) is 10.8. The van der Waals surface area contributed by atoms with E-state index in [9.17, 15) is 5.11 Å². The van der Waals surface area contributed by atoms with Crippen LogP contribution in [0.3, 0.4) is 0 Å². The molecular formula is C20H32O2. The summed E-state index contributed by atoms with van der Waals surface area (Å²) in [6.07, 6.45) is 11.6. The Morgan fingerprint density at radius 1 is 1.27 bits per heavy atom. The fraction of sp³-hybridized carbons (Fsp3) is 0.600. The van der Waals surface area contributed by atoms with Crippen LogP contribution < -0.4 is 0 Å². The van der Waals surface area contributed by atoms with E-state index in [-0.39, 0.29) is 12.0 Å². The van der Waals surface area contributed by atoms with E-state index in [1.54, 1.807) is 12.2 Å². The lowest BCUT2D eigenvalue weighted by atomic mass is 9.71. The van der Waals surface area contributed by atoms with Crippen molar-refractivity contribution < 1.29 is 10.2 Å². The molecule has 1 unspecified atom stereocenters. The van der Waals surface area contributed by atoms with Gasteiger partial charge in [0.15, 0.2) is 0 Å². The summed E-state index contributed by atoms with van der Waals surface area (Å²) in [4.78, 5) is 0. The Hall–Kier alpha value is -1.12. The quantitative estimate of drug-likeness (QED) is 0.551. The number of aliphatic hydroxyl groups excluding tert-OH is 2. The van der Waals surface area contributed by atoms with Crippen LogP contribution in [-0.4, -0.2) is 22.9 Å². The Morgan fingerprint density at radius 3 is 2.55 bits per heavy atom. The van der Waals surface area contributed by atoms with E-state index in [2.05, 4.69) is 26.8 Å². The third-order valence-electron chi connectivity index (χ3n) is 4.74. The van der Waals surface area contributed by atoms with Crippen LogP contribution in [0.2, 0.25) is 0 Å². The van der Waals surface area contributed by atoms with Gasteiger partial charge in [-0.3, -0.25) is 0 Å². The van der Waals surface area contributed by atoms with Gasteiger partial charge >= 0.3 is 0 Å². The van der Waals surface area contributed by atoms with Crippen molar-refractivity contribution in [3.05, 3.63) is 46.6 Å². The molecule has 22 heavy (non-hydrogen) atoms. The van der Waals surface area contributed by atoms with Gasteiger partial charge in [0.05, 0.1) is 12.7 Å². The number of hydrogen-bond donors (Lipinski definition) is 2. The average Bonchev–Trinajstić information content (AvgIpc) is 2.43. The molecule has 0 amide bonds. The maximum absolute atomic E-state index is 10.2. The summed E-state index contributed by atoms with van der Waals surface area (Å²) >= 11 is 0. The number of hydrogen-bond acceptors (Lipinski definition) is 2. The maximum atomic E-state index is 10.2. The molecule has 0 radical (unpaired) electrons. The van der Waals surface area contributed by atoms with Crippen LogP contribution in [0.1, 0.15) is 60.3 Å². The van der Waals surface area contributed by atoms with E-state index in [1.165, 1.54) is 30.4 Å². The van der Waals surface area contributed by atoms with E-state index >= 15 is 0 Å². The molecule has 2 N–H and O–H groups in total. The largest absolute Gasteiger partial charge is 0.392 e. The summed E-state index contributed by atoms with van der Waals surface area (Å²) in [6, 6.07) is 0. The second-order valence-corrected chi connectivity index (χ2v) is 7.08. The maximum Gasteiger partial charge on any atom is 0.0932 e. The summed E-state index contributed by atoms with van der Waals surface area (Å²) in [5.41, 5.74) is 5.27. The number of aliphatic hydroxyl groups is 2. The highest BCUT2D eigenvalue weighted by Crippen LogP contribution is 2.42. The highest BCUT2D eigenvalue weighted by Gasteiger charge is 2.27. The van der Waals surface area contributed by atoms with Gasteiger partial charge < -0.3 is 10.2 Å². The molecule has 0 saturated heterocycles. The standard InChI is InChI=1S/C20H32O2/c1-15(12-14-21)8-11-19(22)17(3)9-10-18-16(2)7-6-13-20(18,4)5/h8-9,11-12,19,21-22H,6-7,10,13-14H2,1-5H3/b11-8+,15-12-,17-9+. The van der Waals surface area contributed by atoms with Crippen LogP contribution in [0.15, 0.2) is 46.6 Å². The predicted molar refractivity (Wildman–Crippen MR) is 94.7 cm³/mol. The van der Waals surface area contributed by atoms with Crippen molar-refractivity contribution in [3.8, 4) is 0 Å². The van der Waals surface area contributed by atoms with Crippen LogP contribution in [0, 0.1) is 5.41 Å². The van der Waals surface area contributed by atoms with Crippen LogP contribution >= 0.6 is 0 Å². The van der Waals surface area contributed by atoms with Gasteiger partial charge in [-0.05, 0) is 57.4 Å². The van der Waals surface area contributed by atoms with Gasteiger partial charge in [-0.15, -0.1) is 0 Å². The molecule has 1 aliphatic carbocycles. The average molecular weight is 304 g/mol. The summed E-state index contributed by atoms with van der Waals surface area (Å²) in [5.74, 6) is 0. The lowest BCUT2D eigenvalue weighted by molar-refractivity contribution is 0.258. The van der Waals surface area contributed by atoms with Gasteiger partial charge in [-0.25, -0.2) is 0 Å². The number of rotatable bonds is 6. The molecule has 0 aromatic heterocycles. The Labute approximate surface area is 135 Å². The highest BCUT2D eigenvalue weighted by atomic mass is 16.3. The molecule has 2 heteroatoms. The molecule has 1 aliphatic rings. The van der Waals surface area contributed by atoms with E-state index in [1.807, 2.05) is 19.9 Å². The molecule has 0 saturated carbocycles. The highest BCUT2D eigenvalue weighted by molar-refractivity contribution is 5.27. The number of allylic oxidation sites excluding steroid dienone is 5. The van der Waals surface area contributed by atoms with Crippen LogP contribution in [0.25, 0.3) is 0 Å². The van der Waals surface area contributed by atoms with E-state index < -0.39 is 6.10 Å². The first-order chi connectivity index (χ1) is 10.3. The Kier molecular flexibility index (Phi) is 7.31. The van der Waals surface area contributed by atoms with Gasteiger partial charge in [0, 0.05) is 0 Å². The molecule has 0 aromatic rings. The second-order valence-electron chi connectivity index (χ2n) is 7.08. The summed E-state index contributed by atoms with van der Waals surface area (Å²) in [5, 5.41) is 19.0. The first-order valence-corrected chi connectivity index (χ1v) is 8.27. The van der Waals surface area contributed by atoms with Crippen molar-refractivity contribution in [2.45, 2.75) is 66.4 Å². The first kappa shape index (κ1) is 18.9. The van der Waals surface area contributed by atoms with Gasteiger partial charge in [-0.1, -0.05) is 54.9 Å². The van der Waals surface area contributed by atoms with Crippen LogP contribution in [-0.2, 0) is 0 Å². The van der Waals surface area contributed by atoms with Crippen molar-refractivity contribution in [1.82, 2.24) is 0 Å². The van der Waals surface area contributed by atoms with Crippen molar-refractivity contribution >= 4 is 0 Å². The predicted octanol–water partition coefficient (Wildman–Crippen LogP) is 4.71. The fourth-order valence-electron chi connectivity index (χ4n) is 3.12. The van der Waals surface area contributed by atoms with Gasteiger partial charge in [0.2, 0.25) is 0 Å².